The fourth-order valence-electron chi connectivity index (χ4n) is 1.46. The van der Waals surface area contributed by atoms with Gasteiger partial charge in [-0.1, -0.05) is 13.8 Å². The number of aromatic nitrogens is 1. The minimum atomic E-state index is -1.05. The zero-order valence-electron chi connectivity index (χ0n) is 10.4. The zero-order chi connectivity index (χ0) is 13.7. The van der Waals surface area contributed by atoms with Crippen LogP contribution in [0.1, 0.15) is 30.8 Å². The van der Waals surface area contributed by atoms with Crippen LogP contribution in [-0.4, -0.2) is 28.0 Å². The topological polar surface area (TPSA) is 105 Å². The maximum Gasteiger partial charge on any atom is 0.326 e. The van der Waals surface area contributed by atoms with Crippen LogP contribution >= 0.6 is 0 Å². The van der Waals surface area contributed by atoms with Crippen molar-refractivity contribution in [2.24, 2.45) is 5.92 Å². The second kappa shape index (κ2) is 6.00. The third-order valence-electron chi connectivity index (χ3n) is 2.33. The molecule has 0 spiro atoms. The van der Waals surface area contributed by atoms with E-state index in [1.807, 2.05) is 13.8 Å². The Balaban J connectivity index is 2.72. The minimum Gasteiger partial charge on any atom is -0.480 e. The molecule has 6 heteroatoms. The van der Waals surface area contributed by atoms with Gasteiger partial charge in [0.1, 0.15) is 11.7 Å². The monoisotopic (exact) mass is 251 g/mol. The molecule has 18 heavy (non-hydrogen) atoms. The summed E-state index contributed by atoms with van der Waals surface area (Å²) in [6.07, 6.45) is 1.73. The van der Waals surface area contributed by atoms with Gasteiger partial charge in [-0.05, 0) is 24.5 Å². The molecular weight excluding hydrogens is 234 g/mol. The van der Waals surface area contributed by atoms with Crippen molar-refractivity contribution in [2.75, 3.05) is 5.73 Å². The average molecular weight is 251 g/mol. The van der Waals surface area contributed by atoms with Crippen LogP contribution in [0.3, 0.4) is 0 Å². The number of anilines is 1. The smallest absolute Gasteiger partial charge is 0.326 e. The first-order valence-electron chi connectivity index (χ1n) is 5.65. The lowest BCUT2D eigenvalue weighted by Crippen LogP contribution is -2.41. The highest BCUT2D eigenvalue weighted by Crippen LogP contribution is 2.07. The summed E-state index contributed by atoms with van der Waals surface area (Å²) in [7, 11) is 0. The molecule has 1 amide bonds. The largest absolute Gasteiger partial charge is 0.480 e. The number of nitrogens with zero attached hydrogens (tertiary/aromatic N) is 1. The van der Waals surface area contributed by atoms with Crippen LogP contribution in [-0.2, 0) is 4.79 Å². The summed E-state index contributed by atoms with van der Waals surface area (Å²) in [5.41, 5.74) is 6.05. The van der Waals surface area contributed by atoms with Crippen molar-refractivity contribution in [3.8, 4) is 0 Å². The van der Waals surface area contributed by atoms with Crippen LogP contribution in [0.25, 0.3) is 0 Å². The van der Waals surface area contributed by atoms with Crippen molar-refractivity contribution in [1.82, 2.24) is 10.3 Å². The van der Waals surface area contributed by atoms with Crippen LogP contribution < -0.4 is 11.1 Å². The van der Waals surface area contributed by atoms with E-state index in [-0.39, 0.29) is 11.6 Å². The number of carboxylic acids is 1. The molecule has 0 aliphatic heterocycles. The SMILES string of the molecule is CC(C)C[C@@H](NC(=O)c1ccc(N)cn1)C(=O)O. The third-order valence-corrected chi connectivity index (χ3v) is 2.33. The van der Waals surface area contributed by atoms with E-state index >= 15 is 0 Å². The van der Waals surface area contributed by atoms with Crippen LogP contribution in [0.4, 0.5) is 5.69 Å². The van der Waals surface area contributed by atoms with Crippen LogP contribution in [0.15, 0.2) is 18.3 Å². The standard InChI is InChI=1S/C12H17N3O3/c1-7(2)5-10(12(17)18)15-11(16)9-4-3-8(13)6-14-9/h3-4,6-7,10H,5,13H2,1-2H3,(H,15,16)(H,17,18)/t10-/m1/s1. The lowest BCUT2D eigenvalue weighted by atomic mass is 10.0. The Labute approximate surface area is 105 Å². The highest BCUT2D eigenvalue weighted by atomic mass is 16.4. The van der Waals surface area contributed by atoms with Crippen molar-refractivity contribution in [3.63, 3.8) is 0 Å². The predicted octanol–water partition coefficient (Wildman–Crippen LogP) is 0.893. The molecule has 1 rings (SSSR count). The Bertz CT molecular complexity index is 429. The zero-order valence-corrected chi connectivity index (χ0v) is 10.4. The van der Waals surface area contributed by atoms with Crippen molar-refractivity contribution < 1.29 is 14.7 Å². The molecule has 4 N–H and O–H groups in total. The highest BCUT2D eigenvalue weighted by Gasteiger charge is 2.22. The molecule has 0 bridgehead atoms. The number of rotatable bonds is 5. The maximum absolute atomic E-state index is 11.8. The van der Waals surface area contributed by atoms with E-state index < -0.39 is 17.9 Å². The number of aliphatic carboxylic acids is 1. The van der Waals surface area contributed by atoms with E-state index in [0.717, 1.165) is 0 Å². The molecule has 0 aliphatic carbocycles. The van der Waals surface area contributed by atoms with E-state index in [0.29, 0.717) is 12.1 Å². The van der Waals surface area contributed by atoms with Gasteiger partial charge in [0, 0.05) is 0 Å². The number of hydrogen-bond donors (Lipinski definition) is 3. The van der Waals surface area contributed by atoms with Crippen LogP contribution in [0, 0.1) is 5.92 Å². The number of carboxylic acid groups (broad SMARTS) is 1. The van der Waals surface area contributed by atoms with E-state index in [1.165, 1.54) is 12.3 Å². The van der Waals surface area contributed by atoms with Gasteiger partial charge in [-0.25, -0.2) is 9.78 Å². The number of carbonyl (C=O) groups is 2. The van der Waals surface area contributed by atoms with E-state index in [1.54, 1.807) is 6.07 Å². The third kappa shape index (κ3) is 4.04. The molecule has 0 fully saturated rings. The predicted molar refractivity (Wildman–Crippen MR) is 67.0 cm³/mol. The average Bonchev–Trinajstić information content (AvgIpc) is 2.28. The summed E-state index contributed by atoms with van der Waals surface area (Å²) >= 11 is 0. The Morgan fingerprint density at radius 2 is 2.11 bits per heavy atom. The summed E-state index contributed by atoms with van der Waals surface area (Å²) in [5, 5.41) is 11.4. The summed E-state index contributed by atoms with van der Waals surface area (Å²) in [4.78, 5) is 26.6. The Hall–Kier alpha value is -2.11. The van der Waals surface area contributed by atoms with Crippen molar-refractivity contribution in [2.45, 2.75) is 26.3 Å². The fourth-order valence-corrected chi connectivity index (χ4v) is 1.46. The number of nitrogens with two attached hydrogens (primary N) is 1. The number of nitrogen functional groups attached to an aromatic ring is 1. The molecule has 0 saturated carbocycles. The molecule has 0 aliphatic rings. The van der Waals surface area contributed by atoms with Crippen molar-refractivity contribution >= 4 is 17.6 Å². The lowest BCUT2D eigenvalue weighted by molar-refractivity contribution is -0.139. The second-order valence-corrected chi connectivity index (χ2v) is 4.47. The number of amides is 1. The first-order valence-corrected chi connectivity index (χ1v) is 5.65. The summed E-state index contributed by atoms with van der Waals surface area (Å²) in [6.45, 7) is 3.78. The van der Waals surface area contributed by atoms with Crippen LogP contribution in [0.2, 0.25) is 0 Å². The van der Waals surface area contributed by atoms with Crippen LogP contribution in [0.5, 0.6) is 0 Å². The van der Waals surface area contributed by atoms with Crippen molar-refractivity contribution in [1.29, 1.82) is 0 Å². The van der Waals surface area contributed by atoms with Gasteiger partial charge in [-0.2, -0.15) is 0 Å². The molecule has 1 aromatic heterocycles. The van der Waals surface area contributed by atoms with E-state index in [4.69, 9.17) is 10.8 Å². The Kier molecular flexibility index (Phi) is 4.65. The summed E-state index contributed by atoms with van der Waals surface area (Å²) in [5.74, 6) is -1.39. The van der Waals surface area contributed by atoms with Crippen molar-refractivity contribution in [3.05, 3.63) is 24.0 Å². The fraction of sp³-hybridized carbons (Fsp3) is 0.417. The van der Waals surface area contributed by atoms with Gasteiger partial charge >= 0.3 is 5.97 Å². The second-order valence-electron chi connectivity index (χ2n) is 4.47. The molecule has 1 aromatic rings. The van der Waals surface area contributed by atoms with Gasteiger partial charge in [0.25, 0.3) is 5.91 Å². The molecule has 1 atom stereocenters. The molecular formula is C12H17N3O3. The minimum absolute atomic E-state index is 0.152. The van der Waals surface area contributed by atoms with Gasteiger partial charge < -0.3 is 16.2 Å². The molecule has 0 saturated heterocycles. The van der Waals surface area contributed by atoms with Gasteiger partial charge in [0.2, 0.25) is 0 Å². The highest BCUT2D eigenvalue weighted by molar-refractivity contribution is 5.95. The first kappa shape index (κ1) is 14.0. The summed E-state index contributed by atoms with van der Waals surface area (Å²) in [6, 6.07) is 2.09. The van der Waals surface area contributed by atoms with Gasteiger partial charge in [0.05, 0.1) is 11.9 Å². The molecule has 0 radical (unpaired) electrons. The molecule has 1 heterocycles. The Morgan fingerprint density at radius 3 is 2.56 bits per heavy atom. The number of carbonyl (C=O) groups excluding carboxylic acids is 1. The summed E-state index contributed by atoms with van der Waals surface area (Å²) < 4.78 is 0. The quantitative estimate of drug-likeness (QED) is 0.720. The number of hydrogen-bond acceptors (Lipinski definition) is 4. The Morgan fingerprint density at radius 1 is 1.44 bits per heavy atom. The molecule has 0 unspecified atom stereocenters. The molecule has 98 valence electrons. The molecule has 6 nitrogen and oxygen atoms in total. The van der Waals surface area contributed by atoms with Gasteiger partial charge in [-0.3, -0.25) is 4.79 Å². The van der Waals surface area contributed by atoms with E-state index in [9.17, 15) is 9.59 Å². The first-order chi connectivity index (χ1) is 8.40. The van der Waals surface area contributed by atoms with Gasteiger partial charge in [-0.15, -0.1) is 0 Å². The molecule has 0 aromatic carbocycles. The number of nitrogens with one attached hydrogen (secondary N) is 1. The normalized spacial score (nSPS) is 12.2. The maximum atomic E-state index is 11.8. The lowest BCUT2D eigenvalue weighted by Gasteiger charge is -2.16. The van der Waals surface area contributed by atoms with Gasteiger partial charge in [0.15, 0.2) is 0 Å². The number of pyridine rings is 1. The van der Waals surface area contributed by atoms with E-state index in [2.05, 4.69) is 10.3 Å².